The van der Waals surface area contributed by atoms with E-state index >= 15 is 0 Å². The molecule has 0 radical (unpaired) electrons. The number of fused-ring (bicyclic) bond motifs is 1. The van der Waals surface area contributed by atoms with Gasteiger partial charge in [0.25, 0.3) is 0 Å². The van der Waals surface area contributed by atoms with Crippen LogP contribution in [0.4, 0.5) is 5.69 Å². The fourth-order valence-corrected chi connectivity index (χ4v) is 2.03. The summed E-state index contributed by atoms with van der Waals surface area (Å²) in [7, 11) is 0. The lowest BCUT2D eigenvalue weighted by atomic mass is 9.89. The minimum Gasteiger partial charge on any atom is -0.486 e. The Labute approximate surface area is 127 Å². The van der Waals surface area contributed by atoms with Crippen molar-refractivity contribution in [2.45, 2.75) is 20.3 Å². The fraction of sp³-hybridized carbons (Fsp3) is 0.429. The summed E-state index contributed by atoms with van der Waals surface area (Å²) in [5, 5.41) is 11.9. The van der Waals surface area contributed by atoms with Gasteiger partial charge >= 0.3 is 5.97 Å². The van der Waals surface area contributed by atoms with Gasteiger partial charge in [0.15, 0.2) is 11.5 Å². The molecular weight excluding hydrogens is 298 g/mol. The number of carboxylic acids is 1. The number of ether oxygens (including phenoxy) is 2. The Morgan fingerprint density at radius 3 is 2.43 bits per heavy atom. The molecule has 7 heteroatoms. The van der Waals surface area contributed by atoms with E-state index in [4.69, 9.17) is 26.2 Å². The highest BCUT2D eigenvalue weighted by atomic mass is 35.5. The topological polar surface area (TPSA) is 84.9 Å². The number of amides is 1. The molecule has 1 aromatic carbocycles. The molecule has 0 atom stereocenters. The molecule has 0 unspecified atom stereocenters. The van der Waals surface area contributed by atoms with Crippen molar-refractivity contribution >= 4 is 29.2 Å². The molecule has 1 aliphatic rings. The maximum absolute atomic E-state index is 11.9. The summed E-state index contributed by atoms with van der Waals surface area (Å²) in [5.74, 6) is -0.444. The van der Waals surface area contributed by atoms with Crippen LogP contribution in [0.25, 0.3) is 0 Å². The number of carboxylic acid groups (broad SMARTS) is 1. The predicted molar refractivity (Wildman–Crippen MR) is 77.1 cm³/mol. The summed E-state index contributed by atoms with van der Waals surface area (Å²) in [6, 6.07) is 3.14. The zero-order chi connectivity index (χ0) is 15.6. The maximum Gasteiger partial charge on any atom is 0.309 e. The number of carbonyl (C=O) groups is 2. The minimum atomic E-state index is -1.15. The Morgan fingerprint density at radius 2 is 1.86 bits per heavy atom. The quantitative estimate of drug-likeness (QED) is 0.892. The van der Waals surface area contributed by atoms with Crippen LogP contribution >= 0.6 is 11.6 Å². The smallest absolute Gasteiger partial charge is 0.309 e. The Kier molecular flexibility index (Phi) is 4.27. The van der Waals surface area contributed by atoms with Crippen LogP contribution in [-0.2, 0) is 9.59 Å². The molecule has 1 aliphatic heterocycles. The monoisotopic (exact) mass is 313 g/mol. The van der Waals surface area contributed by atoms with Crippen LogP contribution in [0, 0.1) is 5.41 Å². The van der Waals surface area contributed by atoms with E-state index < -0.39 is 17.3 Å². The number of benzene rings is 1. The second-order valence-corrected chi connectivity index (χ2v) is 5.80. The standard InChI is InChI=1S/C14H16ClNO5/c1-14(2,13(18)19)7-12(17)16-9-6-11-10(5-8(9)15)20-3-4-21-11/h5-6H,3-4,7H2,1-2H3,(H,16,17)(H,18,19). The minimum absolute atomic E-state index is 0.160. The molecule has 114 valence electrons. The lowest BCUT2D eigenvalue weighted by Crippen LogP contribution is -2.29. The zero-order valence-corrected chi connectivity index (χ0v) is 12.5. The summed E-state index contributed by atoms with van der Waals surface area (Å²) in [5.41, 5.74) is -0.781. The molecular formula is C14H16ClNO5. The molecule has 2 rings (SSSR count). The van der Waals surface area contributed by atoms with E-state index in [1.54, 1.807) is 12.1 Å². The molecule has 2 N–H and O–H groups in total. The number of hydrogen-bond donors (Lipinski definition) is 2. The number of hydrogen-bond acceptors (Lipinski definition) is 4. The van der Waals surface area contributed by atoms with Gasteiger partial charge < -0.3 is 19.9 Å². The van der Waals surface area contributed by atoms with Gasteiger partial charge in [0.2, 0.25) is 5.91 Å². The van der Waals surface area contributed by atoms with Crippen molar-refractivity contribution in [1.29, 1.82) is 0 Å². The lowest BCUT2D eigenvalue weighted by molar-refractivity contribution is -0.148. The normalized spacial score (nSPS) is 13.7. The van der Waals surface area contributed by atoms with Crippen LogP contribution < -0.4 is 14.8 Å². The molecule has 0 bridgehead atoms. The molecule has 0 saturated carbocycles. The van der Waals surface area contributed by atoms with Gasteiger partial charge in [0.05, 0.1) is 16.1 Å². The predicted octanol–water partition coefficient (Wildman–Crippen LogP) is 2.55. The average molecular weight is 314 g/mol. The van der Waals surface area contributed by atoms with Crippen molar-refractivity contribution in [3.05, 3.63) is 17.2 Å². The van der Waals surface area contributed by atoms with Gasteiger partial charge in [-0.3, -0.25) is 9.59 Å². The average Bonchev–Trinajstić information content (AvgIpc) is 2.38. The van der Waals surface area contributed by atoms with Gasteiger partial charge in [-0.15, -0.1) is 0 Å². The van der Waals surface area contributed by atoms with E-state index in [0.29, 0.717) is 35.4 Å². The van der Waals surface area contributed by atoms with E-state index in [1.807, 2.05) is 0 Å². The molecule has 0 spiro atoms. The number of anilines is 1. The fourth-order valence-electron chi connectivity index (χ4n) is 1.83. The number of rotatable bonds is 4. The second kappa shape index (κ2) is 5.81. The highest BCUT2D eigenvalue weighted by Crippen LogP contribution is 2.38. The first-order chi connectivity index (χ1) is 9.79. The van der Waals surface area contributed by atoms with Crippen LogP contribution in [-0.4, -0.2) is 30.2 Å². The van der Waals surface area contributed by atoms with E-state index in [-0.39, 0.29) is 6.42 Å². The molecule has 21 heavy (non-hydrogen) atoms. The zero-order valence-electron chi connectivity index (χ0n) is 11.7. The summed E-state index contributed by atoms with van der Waals surface area (Å²) in [4.78, 5) is 23.0. The first-order valence-electron chi connectivity index (χ1n) is 6.42. The molecule has 6 nitrogen and oxygen atoms in total. The Balaban J connectivity index is 2.12. The second-order valence-electron chi connectivity index (χ2n) is 5.39. The van der Waals surface area contributed by atoms with Crippen molar-refractivity contribution < 1.29 is 24.2 Å². The van der Waals surface area contributed by atoms with Crippen molar-refractivity contribution in [2.24, 2.45) is 5.41 Å². The molecule has 1 heterocycles. The van der Waals surface area contributed by atoms with Gasteiger partial charge in [0.1, 0.15) is 13.2 Å². The molecule has 0 fully saturated rings. The lowest BCUT2D eigenvalue weighted by Gasteiger charge is -2.21. The van der Waals surface area contributed by atoms with Crippen molar-refractivity contribution in [1.82, 2.24) is 0 Å². The van der Waals surface area contributed by atoms with Crippen LogP contribution in [0.2, 0.25) is 5.02 Å². The molecule has 0 aromatic heterocycles. The van der Waals surface area contributed by atoms with Crippen LogP contribution in [0.3, 0.4) is 0 Å². The van der Waals surface area contributed by atoms with E-state index in [9.17, 15) is 9.59 Å². The summed E-state index contributed by atoms with van der Waals surface area (Å²) in [6.45, 7) is 3.84. The van der Waals surface area contributed by atoms with Crippen molar-refractivity contribution in [3.63, 3.8) is 0 Å². The highest BCUT2D eigenvalue weighted by molar-refractivity contribution is 6.34. The van der Waals surface area contributed by atoms with E-state index in [1.165, 1.54) is 13.8 Å². The maximum atomic E-state index is 11.9. The molecule has 0 saturated heterocycles. The summed E-state index contributed by atoms with van der Waals surface area (Å²) < 4.78 is 10.8. The highest BCUT2D eigenvalue weighted by Gasteiger charge is 2.30. The molecule has 1 amide bonds. The van der Waals surface area contributed by atoms with Gasteiger partial charge in [-0.05, 0) is 13.8 Å². The molecule has 1 aromatic rings. The van der Waals surface area contributed by atoms with Gasteiger partial charge in [-0.25, -0.2) is 0 Å². The first-order valence-corrected chi connectivity index (χ1v) is 6.80. The molecule has 0 aliphatic carbocycles. The third-order valence-electron chi connectivity index (χ3n) is 3.09. The number of nitrogens with one attached hydrogen (secondary N) is 1. The van der Waals surface area contributed by atoms with Crippen LogP contribution in [0.5, 0.6) is 11.5 Å². The number of carbonyl (C=O) groups excluding carboxylic acids is 1. The Bertz CT molecular complexity index is 585. The summed E-state index contributed by atoms with van der Waals surface area (Å²) >= 11 is 6.07. The van der Waals surface area contributed by atoms with Crippen molar-refractivity contribution in [3.8, 4) is 11.5 Å². The Hall–Kier alpha value is -1.95. The Morgan fingerprint density at radius 1 is 1.29 bits per heavy atom. The largest absolute Gasteiger partial charge is 0.486 e. The van der Waals surface area contributed by atoms with Crippen LogP contribution in [0.1, 0.15) is 20.3 Å². The third-order valence-corrected chi connectivity index (χ3v) is 3.40. The summed E-state index contributed by atoms with van der Waals surface area (Å²) in [6.07, 6.45) is -0.160. The van der Waals surface area contributed by atoms with Crippen molar-refractivity contribution in [2.75, 3.05) is 18.5 Å². The first kappa shape index (κ1) is 15.4. The van der Waals surface area contributed by atoms with Gasteiger partial charge in [-0.2, -0.15) is 0 Å². The van der Waals surface area contributed by atoms with Crippen LogP contribution in [0.15, 0.2) is 12.1 Å². The third kappa shape index (κ3) is 3.58. The van der Waals surface area contributed by atoms with Gasteiger partial charge in [-0.1, -0.05) is 11.6 Å². The van der Waals surface area contributed by atoms with Gasteiger partial charge in [0, 0.05) is 18.6 Å². The number of halogens is 1. The number of aliphatic carboxylic acids is 1. The van der Waals surface area contributed by atoms with E-state index in [0.717, 1.165) is 0 Å². The SMILES string of the molecule is CC(C)(CC(=O)Nc1cc2c(cc1Cl)OCCO2)C(=O)O. The van der Waals surface area contributed by atoms with E-state index in [2.05, 4.69) is 5.32 Å².